The first-order valence-corrected chi connectivity index (χ1v) is 21.1. The summed E-state index contributed by atoms with van der Waals surface area (Å²) < 4.78 is 2.60. The molecule has 0 aliphatic heterocycles. The summed E-state index contributed by atoms with van der Waals surface area (Å²) in [5.41, 5.74) is 15.9. The zero-order valence-electron chi connectivity index (χ0n) is 32.4. The lowest BCUT2D eigenvalue weighted by atomic mass is 9.67. The molecule has 0 atom stereocenters. The van der Waals surface area contributed by atoms with Gasteiger partial charge in [0, 0.05) is 42.5 Å². The maximum absolute atomic E-state index is 2.57. The third kappa shape index (κ3) is 4.52. The van der Waals surface area contributed by atoms with Crippen molar-refractivity contribution in [2.24, 2.45) is 0 Å². The van der Waals surface area contributed by atoms with Crippen molar-refractivity contribution in [2.75, 3.05) is 4.90 Å². The van der Waals surface area contributed by atoms with E-state index >= 15 is 0 Å². The minimum Gasteiger partial charge on any atom is -0.310 e. The molecular weight excluding hydrogens is 719 g/mol. The largest absolute Gasteiger partial charge is 0.310 e. The van der Waals surface area contributed by atoms with Crippen LogP contribution in [0.15, 0.2) is 200 Å². The summed E-state index contributed by atoms with van der Waals surface area (Å²) in [6, 6.07) is 75.0. The van der Waals surface area contributed by atoms with Crippen LogP contribution in [0.4, 0.5) is 17.1 Å². The van der Waals surface area contributed by atoms with Crippen molar-refractivity contribution in [2.45, 2.75) is 24.7 Å². The molecule has 2 aliphatic carbocycles. The van der Waals surface area contributed by atoms with Crippen LogP contribution in [0.25, 0.3) is 53.2 Å². The average Bonchev–Trinajstić information content (AvgIpc) is 3.88. The SMILES string of the molecule is CC1(C)c2ccccc2-c2c(N(c3ccc4c(c3)C(c3ccccc3)(c3ccccc3)c3ccccc3-4)c3ccc4c(c3)sc3ccccc34)cc3ccccc3c21. The van der Waals surface area contributed by atoms with Crippen LogP contribution in [0, 0.1) is 0 Å². The van der Waals surface area contributed by atoms with E-state index < -0.39 is 5.41 Å². The fourth-order valence-electron chi connectivity index (χ4n) is 10.7. The number of fused-ring (bicyclic) bond motifs is 11. The van der Waals surface area contributed by atoms with Crippen LogP contribution in [-0.2, 0) is 10.8 Å². The van der Waals surface area contributed by atoms with Crippen molar-refractivity contribution in [3.63, 3.8) is 0 Å². The Balaban J connectivity index is 1.20. The van der Waals surface area contributed by atoms with E-state index in [4.69, 9.17) is 0 Å². The number of thiophene rings is 1. The highest BCUT2D eigenvalue weighted by Gasteiger charge is 2.46. The van der Waals surface area contributed by atoms with Crippen molar-refractivity contribution in [3.05, 3.63) is 234 Å². The van der Waals surface area contributed by atoms with Crippen LogP contribution >= 0.6 is 11.3 Å². The number of anilines is 3. The lowest BCUT2D eigenvalue weighted by Gasteiger charge is -2.35. The normalized spacial score (nSPS) is 14.3. The van der Waals surface area contributed by atoms with Gasteiger partial charge in [0.1, 0.15) is 0 Å². The molecule has 10 aromatic rings. The maximum Gasteiger partial charge on any atom is 0.0714 e. The summed E-state index contributed by atoms with van der Waals surface area (Å²) in [5.74, 6) is 0. The molecule has 2 heteroatoms. The lowest BCUT2D eigenvalue weighted by Crippen LogP contribution is -2.28. The second-order valence-electron chi connectivity index (χ2n) is 16.4. The van der Waals surface area contributed by atoms with E-state index in [-0.39, 0.29) is 5.41 Å². The highest BCUT2D eigenvalue weighted by Crippen LogP contribution is 2.60. The molecule has 0 N–H and O–H groups in total. The molecule has 2 aliphatic rings. The van der Waals surface area contributed by atoms with Crippen molar-refractivity contribution in [1.82, 2.24) is 0 Å². The maximum atomic E-state index is 2.57. The smallest absolute Gasteiger partial charge is 0.0714 e. The van der Waals surface area contributed by atoms with Crippen molar-refractivity contribution >= 4 is 59.3 Å². The van der Waals surface area contributed by atoms with Gasteiger partial charge in [-0.25, -0.2) is 0 Å². The summed E-state index contributed by atoms with van der Waals surface area (Å²) in [7, 11) is 0. The van der Waals surface area contributed by atoms with Gasteiger partial charge in [0.2, 0.25) is 0 Å². The molecule has 0 spiro atoms. The summed E-state index contributed by atoms with van der Waals surface area (Å²) in [4.78, 5) is 2.57. The zero-order valence-corrected chi connectivity index (χ0v) is 33.2. The average molecular weight is 758 g/mol. The minimum absolute atomic E-state index is 0.183. The van der Waals surface area contributed by atoms with Crippen LogP contribution < -0.4 is 4.90 Å². The Labute approximate surface area is 343 Å². The van der Waals surface area contributed by atoms with E-state index in [2.05, 4.69) is 219 Å². The molecule has 1 aromatic heterocycles. The van der Waals surface area contributed by atoms with Crippen molar-refractivity contribution in [1.29, 1.82) is 0 Å². The van der Waals surface area contributed by atoms with Gasteiger partial charge in [0.05, 0.1) is 11.1 Å². The van der Waals surface area contributed by atoms with Gasteiger partial charge in [0.25, 0.3) is 0 Å². The van der Waals surface area contributed by atoms with E-state index in [1.165, 1.54) is 92.3 Å². The Kier molecular flexibility index (Phi) is 7.13. The molecule has 0 radical (unpaired) electrons. The predicted molar refractivity (Wildman–Crippen MR) is 246 cm³/mol. The number of hydrogen-bond donors (Lipinski definition) is 0. The van der Waals surface area contributed by atoms with Crippen LogP contribution in [0.5, 0.6) is 0 Å². The Morgan fingerprint density at radius 2 is 0.983 bits per heavy atom. The summed E-state index contributed by atoms with van der Waals surface area (Å²) in [5, 5.41) is 5.19. The monoisotopic (exact) mass is 757 g/mol. The molecule has 0 saturated heterocycles. The Bertz CT molecular complexity index is 3220. The Hall–Kier alpha value is -6.74. The van der Waals surface area contributed by atoms with Gasteiger partial charge in [0.15, 0.2) is 0 Å². The molecule has 0 unspecified atom stereocenters. The Morgan fingerprint density at radius 1 is 0.414 bits per heavy atom. The van der Waals surface area contributed by atoms with Crippen LogP contribution in [0.2, 0.25) is 0 Å². The van der Waals surface area contributed by atoms with Gasteiger partial charge in [-0.15, -0.1) is 11.3 Å². The van der Waals surface area contributed by atoms with Crippen molar-refractivity contribution < 1.29 is 0 Å². The van der Waals surface area contributed by atoms with Crippen LogP contribution in [-0.4, -0.2) is 0 Å². The first-order valence-electron chi connectivity index (χ1n) is 20.3. The number of nitrogens with zero attached hydrogens (tertiary/aromatic N) is 1. The minimum atomic E-state index is -0.508. The fourth-order valence-corrected chi connectivity index (χ4v) is 11.8. The standard InChI is InChI=1S/C56H39NS/c1-55(2)47-26-14-12-25-46(47)53-50(33-36-17-9-10-22-41(36)54(53)55)57(40-30-32-45-44-24-13-16-28-51(44)58-52(45)35-40)39-29-31-43-42-23-11-15-27-48(42)56(49(43)34-39,37-18-5-3-6-19-37)38-20-7-4-8-21-38/h3-35H,1-2H3. The second kappa shape index (κ2) is 12.4. The zero-order chi connectivity index (χ0) is 38.6. The van der Waals surface area contributed by atoms with E-state index in [9.17, 15) is 0 Å². The van der Waals surface area contributed by atoms with Gasteiger partial charge in [-0.05, 0) is 97.2 Å². The molecule has 1 nitrogen and oxygen atoms in total. The van der Waals surface area contributed by atoms with E-state index in [0.717, 1.165) is 11.4 Å². The summed E-state index contributed by atoms with van der Waals surface area (Å²) in [6.45, 7) is 4.81. The molecule has 9 aromatic carbocycles. The van der Waals surface area contributed by atoms with Gasteiger partial charge < -0.3 is 4.90 Å². The third-order valence-electron chi connectivity index (χ3n) is 13.1. The molecule has 58 heavy (non-hydrogen) atoms. The first-order chi connectivity index (χ1) is 28.5. The molecule has 0 bridgehead atoms. The number of hydrogen-bond acceptors (Lipinski definition) is 2. The third-order valence-corrected chi connectivity index (χ3v) is 14.2. The quantitative estimate of drug-likeness (QED) is 0.169. The second-order valence-corrected chi connectivity index (χ2v) is 17.5. The van der Waals surface area contributed by atoms with Gasteiger partial charge >= 0.3 is 0 Å². The summed E-state index contributed by atoms with van der Waals surface area (Å²) >= 11 is 1.88. The summed E-state index contributed by atoms with van der Waals surface area (Å²) in [6.07, 6.45) is 0. The highest BCUT2D eigenvalue weighted by atomic mass is 32.1. The molecule has 0 saturated carbocycles. The molecule has 12 rings (SSSR count). The molecule has 274 valence electrons. The van der Waals surface area contributed by atoms with E-state index in [1.54, 1.807) is 0 Å². The van der Waals surface area contributed by atoms with Crippen LogP contribution in [0.1, 0.15) is 47.2 Å². The molecular formula is C56H39NS. The lowest BCUT2D eigenvalue weighted by molar-refractivity contribution is 0.666. The van der Waals surface area contributed by atoms with Gasteiger partial charge in [-0.3, -0.25) is 0 Å². The topological polar surface area (TPSA) is 3.24 Å². The van der Waals surface area contributed by atoms with Gasteiger partial charge in [-0.2, -0.15) is 0 Å². The van der Waals surface area contributed by atoms with E-state index in [0.29, 0.717) is 0 Å². The fraction of sp³-hybridized carbons (Fsp3) is 0.0714. The van der Waals surface area contributed by atoms with Crippen LogP contribution in [0.3, 0.4) is 0 Å². The van der Waals surface area contributed by atoms with E-state index in [1.807, 2.05) is 11.3 Å². The highest BCUT2D eigenvalue weighted by molar-refractivity contribution is 7.25. The first kappa shape index (κ1) is 33.4. The Morgan fingerprint density at radius 3 is 1.76 bits per heavy atom. The number of benzene rings is 9. The van der Waals surface area contributed by atoms with Gasteiger partial charge in [-0.1, -0.05) is 178 Å². The molecule has 0 fully saturated rings. The van der Waals surface area contributed by atoms with Crippen molar-refractivity contribution in [3.8, 4) is 22.3 Å². The number of rotatable bonds is 5. The predicted octanol–water partition coefficient (Wildman–Crippen LogP) is 15.3. The molecule has 0 amide bonds. The molecule has 1 heterocycles.